The van der Waals surface area contributed by atoms with E-state index in [9.17, 15) is 0 Å². The van der Waals surface area contributed by atoms with Crippen LogP contribution in [0.4, 0.5) is 5.82 Å². The van der Waals surface area contributed by atoms with E-state index in [1.165, 1.54) is 5.56 Å². The molecule has 0 saturated carbocycles. The average Bonchev–Trinajstić information content (AvgIpc) is 2.92. The highest BCUT2D eigenvalue weighted by Gasteiger charge is 2.01. The fraction of sp³-hybridized carbons (Fsp3) is 0.143. The smallest absolute Gasteiger partial charge is 0.137 e. The first kappa shape index (κ1) is 11.2. The standard InChI is InChI=1S/C14H13N3S/c1-2-4-13-12(3-1)14(17-10-16-13)15-7-5-11-6-8-18-9-11/h1-4,6,8-10H,5,7H2,(H,15,16,17). The summed E-state index contributed by atoms with van der Waals surface area (Å²) in [5.41, 5.74) is 2.34. The number of hydrogen-bond donors (Lipinski definition) is 1. The average molecular weight is 255 g/mol. The highest BCUT2D eigenvalue weighted by Crippen LogP contribution is 2.18. The van der Waals surface area contributed by atoms with Crippen LogP contribution in [0.5, 0.6) is 0 Å². The first-order valence-corrected chi connectivity index (χ1v) is 6.82. The molecule has 0 atom stereocenters. The molecular weight excluding hydrogens is 242 g/mol. The van der Waals surface area contributed by atoms with E-state index in [1.54, 1.807) is 17.7 Å². The van der Waals surface area contributed by atoms with E-state index in [4.69, 9.17) is 0 Å². The second-order valence-electron chi connectivity index (χ2n) is 4.05. The zero-order valence-electron chi connectivity index (χ0n) is 9.84. The third-order valence-electron chi connectivity index (χ3n) is 2.83. The van der Waals surface area contributed by atoms with E-state index in [0.29, 0.717) is 0 Å². The van der Waals surface area contributed by atoms with Gasteiger partial charge < -0.3 is 5.32 Å². The Bertz CT molecular complexity index is 629. The predicted octanol–water partition coefficient (Wildman–Crippen LogP) is 3.35. The van der Waals surface area contributed by atoms with Gasteiger partial charge in [0.1, 0.15) is 12.1 Å². The Morgan fingerprint density at radius 3 is 2.94 bits per heavy atom. The highest BCUT2D eigenvalue weighted by molar-refractivity contribution is 7.07. The molecule has 1 aromatic carbocycles. The summed E-state index contributed by atoms with van der Waals surface area (Å²) in [6, 6.07) is 10.2. The number of thiophene rings is 1. The van der Waals surface area contributed by atoms with E-state index in [0.717, 1.165) is 29.7 Å². The van der Waals surface area contributed by atoms with Crippen molar-refractivity contribution in [3.63, 3.8) is 0 Å². The van der Waals surface area contributed by atoms with Crippen molar-refractivity contribution in [3.05, 3.63) is 53.0 Å². The molecule has 0 bridgehead atoms. The highest BCUT2D eigenvalue weighted by atomic mass is 32.1. The molecule has 3 rings (SSSR count). The van der Waals surface area contributed by atoms with Crippen molar-refractivity contribution in [3.8, 4) is 0 Å². The summed E-state index contributed by atoms with van der Waals surface area (Å²) in [5.74, 6) is 0.913. The lowest BCUT2D eigenvalue weighted by molar-refractivity contribution is 1.01. The summed E-state index contributed by atoms with van der Waals surface area (Å²) in [6.45, 7) is 0.887. The van der Waals surface area contributed by atoms with Crippen molar-refractivity contribution in [1.29, 1.82) is 0 Å². The lowest BCUT2D eigenvalue weighted by Gasteiger charge is -2.07. The van der Waals surface area contributed by atoms with Gasteiger partial charge >= 0.3 is 0 Å². The maximum absolute atomic E-state index is 4.31. The van der Waals surface area contributed by atoms with Crippen LogP contribution < -0.4 is 5.32 Å². The first-order chi connectivity index (χ1) is 8.93. The number of benzene rings is 1. The molecule has 3 aromatic rings. The summed E-state index contributed by atoms with van der Waals surface area (Å²) in [7, 11) is 0. The van der Waals surface area contributed by atoms with Gasteiger partial charge in [0.25, 0.3) is 0 Å². The van der Waals surface area contributed by atoms with Crippen LogP contribution >= 0.6 is 11.3 Å². The van der Waals surface area contributed by atoms with Crippen LogP contribution in [0.1, 0.15) is 5.56 Å². The van der Waals surface area contributed by atoms with Crippen molar-refractivity contribution >= 4 is 28.1 Å². The molecular formula is C14H13N3S. The SMILES string of the molecule is c1ccc2c(NCCc3ccsc3)ncnc2c1. The summed E-state index contributed by atoms with van der Waals surface area (Å²) in [5, 5.41) is 8.74. The van der Waals surface area contributed by atoms with Crippen molar-refractivity contribution in [2.45, 2.75) is 6.42 Å². The van der Waals surface area contributed by atoms with Gasteiger partial charge in [0.05, 0.1) is 5.52 Å². The topological polar surface area (TPSA) is 37.8 Å². The van der Waals surface area contributed by atoms with Crippen molar-refractivity contribution in [1.82, 2.24) is 9.97 Å². The summed E-state index contributed by atoms with van der Waals surface area (Å²) >= 11 is 1.73. The number of nitrogens with zero attached hydrogens (tertiary/aromatic N) is 2. The molecule has 0 aliphatic heterocycles. The van der Waals surface area contributed by atoms with Crippen molar-refractivity contribution in [2.75, 3.05) is 11.9 Å². The van der Waals surface area contributed by atoms with Crippen molar-refractivity contribution < 1.29 is 0 Å². The van der Waals surface area contributed by atoms with Gasteiger partial charge in [0.2, 0.25) is 0 Å². The zero-order chi connectivity index (χ0) is 12.2. The minimum absolute atomic E-state index is 0.887. The van der Waals surface area contributed by atoms with E-state index >= 15 is 0 Å². The number of para-hydroxylation sites is 1. The summed E-state index contributed by atoms with van der Waals surface area (Å²) in [6.07, 6.45) is 2.62. The van der Waals surface area contributed by atoms with E-state index in [1.807, 2.05) is 24.3 Å². The second kappa shape index (κ2) is 5.14. The van der Waals surface area contributed by atoms with Gasteiger partial charge in [-0.25, -0.2) is 9.97 Å². The van der Waals surface area contributed by atoms with Crippen LogP contribution in [0.2, 0.25) is 0 Å². The van der Waals surface area contributed by atoms with Crippen LogP contribution in [0.25, 0.3) is 10.9 Å². The first-order valence-electron chi connectivity index (χ1n) is 5.88. The van der Waals surface area contributed by atoms with Crippen LogP contribution in [0.15, 0.2) is 47.4 Å². The fourth-order valence-electron chi connectivity index (χ4n) is 1.91. The molecule has 0 aliphatic rings. The molecule has 1 N–H and O–H groups in total. The van der Waals surface area contributed by atoms with Crippen LogP contribution in [0, 0.1) is 0 Å². The van der Waals surface area contributed by atoms with Gasteiger partial charge in [-0.15, -0.1) is 0 Å². The Labute approximate surface area is 110 Å². The molecule has 2 heterocycles. The predicted molar refractivity (Wildman–Crippen MR) is 76.1 cm³/mol. The van der Waals surface area contributed by atoms with Gasteiger partial charge in [-0.2, -0.15) is 11.3 Å². The number of rotatable bonds is 4. The Balaban J connectivity index is 1.74. The van der Waals surface area contributed by atoms with Gasteiger partial charge in [-0.3, -0.25) is 0 Å². The lowest BCUT2D eigenvalue weighted by Crippen LogP contribution is -2.06. The molecule has 3 nitrogen and oxygen atoms in total. The number of anilines is 1. The molecule has 2 aromatic heterocycles. The molecule has 90 valence electrons. The maximum Gasteiger partial charge on any atom is 0.137 e. The van der Waals surface area contributed by atoms with Gasteiger partial charge in [-0.05, 0) is 40.9 Å². The van der Waals surface area contributed by atoms with Crippen molar-refractivity contribution in [2.24, 2.45) is 0 Å². The zero-order valence-corrected chi connectivity index (χ0v) is 10.7. The number of fused-ring (bicyclic) bond motifs is 1. The molecule has 0 saturated heterocycles. The molecule has 0 aliphatic carbocycles. The molecule has 0 fully saturated rings. The normalized spacial score (nSPS) is 10.7. The molecule has 0 amide bonds. The molecule has 0 unspecified atom stereocenters. The van der Waals surface area contributed by atoms with Gasteiger partial charge in [0, 0.05) is 11.9 Å². The number of hydrogen-bond acceptors (Lipinski definition) is 4. The van der Waals surface area contributed by atoms with E-state index in [2.05, 4.69) is 32.1 Å². The van der Waals surface area contributed by atoms with Gasteiger partial charge in [0.15, 0.2) is 0 Å². The Hall–Kier alpha value is -1.94. The fourth-order valence-corrected chi connectivity index (χ4v) is 2.61. The summed E-state index contributed by atoms with van der Waals surface area (Å²) in [4.78, 5) is 8.56. The minimum Gasteiger partial charge on any atom is -0.369 e. The number of aromatic nitrogens is 2. The summed E-state index contributed by atoms with van der Waals surface area (Å²) < 4.78 is 0. The van der Waals surface area contributed by atoms with Crippen LogP contribution in [-0.4, -0.2) is 16.5 Å². The van der Waals surface area contributed by atoms with E-state index in [-0.39, 0.29) is 0 Å². The minimum atomic E-state index is 0.887. The van der Waals surface area contributed by atoms with Gasteiger partial charge in [-0.1, -0.05) is 12.1 Å². The maximum atomic E-state index is 4.31. The number of nitrogens with one attached hydrogen (secondary N) is 1. The Morgan fingerprint density at radius 2 is 2.06 bits per heavy atom. The van der Waals surface area contributed by atoms with E-state index < -0.39 is 0 Å². The lowest BCUT2D eigenvalue weighted by atomic mass is 10.2. The molecule has 0 spiro atoms. The molecule has 4 heteroatoms. The molecule has 18 heavy (non-hydrogen) atoms. The van der Waals surface area contributed by atoms with Crippen LogP contribution in [-0.2, 0) is 6.42 Å². The largest absolute Gasteiger partial charge is 0.369 e. The Kier molecular flexibility index (Phi) is 3.19. The third-order valence-corrected chi connectivity index (χ3v) is 3.56. The molecule has 0 radical (unpaired) electrons. The third kappa shape index (κ3) is 2.33. The quantitative estimate of drug-likeness (QED) is 0.777. The monoisotopic (exact) mass is 255 g/mol. The van der Waals surface area contributed by atoms with Crippen LogP contribution in [0.3, 0.4) is 0 Å². The Morgan fingerprint density at radius 1 is 1.11 bits per heavy atom. The second-order valence-corrected chi connectivity index (χ2v) is 4.83.